The molecule has 2 heterocycles. The van der Waals surface area contributed by atoms with Crippen LogP contribution < -0.4 is 0 Å². The molecule has 2 N–H and O–H groups in total. The van der Waals surface area contributed by atoms with Gasteiger partial charge in [0.05, 0.1) is 0 Å². The Balaban J connectivity index is 1.76. The summed E-state index contributed by atoms with van der Waals surface area (Å²) in [6, 6.07) is 2.73. The van der Waals surface area contributed by atoms with Gasteiger partial charge < -0.3 is 15.1 Å². The van der Waals surface area contributed by atoms with Crippen LogP contribution in [0.15, 0.2) is 24.4 Å². The van der Waals surface area contributed by atoms with E-state index < -0.39 is 5.92 Å². The van der Waals surface area contributed by atoms with Crippen LogP contribution >= 0.6 is 0 Å². The van der Waals surface area contributed by atoms with Crippen LogP contribution in [0.4, 0.5) is 8.78 Å². The Hall–Kier alpha value is -2.96. The average Bonchev–Trinajstić information content (AvgIpc) is 2.68. The third kappa shape index (κ3) is 3.69. The summed E-state index contributed by atoms with van der Waals surface area (Å²) >= 11 is 0. The molecule has 1 aliphatic rings. The molecule has 148 valence electrons. The van der Waals surface area contributed by atoms with Crippen molar-refractivity contribution in [2.45, 2.75) is 39.7 Å². The SMILES string of the molecule is Cc1c(O)c(O)c(C)c2c1CCN(C(=O)/C=C/c1ccc(C(C)(F)F)nc1)C2. The maximum absolute atomic E-state index is 13.2. The highest BCUT2D eigenvalue weighted by Crippen LogP contribution is 2.39. The van der Waals surface area contributed by atoms with Crippen LogP contribution in [-0.4, -0.2) is 32.5 Å². The highest BCUT2D eigenvalue weighted by molar-refractivity contribution is 5.92. The highest BCUT2D eigenvalue weighted by atomic mass is 19.3. The molecule has 1 amide bonds. The molecule has 28 heavy (non-hydrogen) atoms. The Morgan fingerprint density at radius 1 is 1.18 bits per heavy atom. The smallest absolute Gasteiger partial charge is 0.286 e. The van der Waals surface area contributed by atoms with Crippen molar-refractivity contribution in [1.82, 2.24) is 9.88 Å². The first-order chi connectivity index (χ1) is 13.1. The Morgan fingerprint density at radius 3 is 2.39 bits per heavy atom. The van der Waals surface area contributed by atoms with Gasteiger partial charge in [0.1, 0.15) is 5.69 Å². The highest BCUT2D eigenvalue weighted by Gasteiger charge is 2.27. The molecule has 0 spiro atoms. The number of halogens is 2. The Morgan fingerprint density at radius 2 is 1.82 bits per heavy atom. The maximum Gasteiger partial charge on any atom is 0.286 e. The number of pyridine rings is 1. The molecule has 0 unspecified atom stereocenters. The fourth-order valence-corrected chi connectivity index (χ4v) is 3.39. The van der Waals surface area contributed by atoms with Gasteiger partial charge in [-0.1, -0.05) is 6.07 Å². The molecule has 3 rings (SSSR count). The molecule has 0 radical (unpaired) electrons. The molecule has 1 aromatic heterocycles. The first-order valence-electron chi connectivity index (χ1n) is 8.93. The molecule has 1 aliphatic heterocycles. The Labute approximate surface area is 162 Å². The topological polar surface area (TPSA) is 73.7 Å². The predicted octanol–water partition coefficient (Wildman–Crippen LogP) is 3.82. The third-order valence-corrected chi connectivity index (χ3v) is 5.15. The molecule has 0 fully saturated rings. The fourth-order valence-electron chi connectivity index (χ4n) is 3.39. The molecular formula is C21H22F2N2O3. The van der Waals surface area contributed by atoms with Gasteiger partial charge in [0.15, 0.2) is 11.5 Å². The number of phenolic OH excluding ortho intramolecular Hbond substituents is 2. The number of hydrogen-bond donors (Lipinski definition) is 2. The van der Waals surface area contributed by atoms with E-state index in [0.717, 1.165) is 18.1 Å². The van der Waals surface area contributed by atoms with E-state index in [1.807, 2.05) is 0 Å². The second-order valence-corrected chi connectivity index (χ2v) is 7.11. The van der Waals surface area contributed by atoms with Crippen molar-refractivity contribution in [2.24, 2.45) is 0 Å². The minimum Gasteiger partial charge on any atom is -0.504 e. The summed E-state index contributed by atoms with van der Waals surface area (Å²) in [5, 5.41) is 20.1. The van der Waals surface area contributed by atoms with Gasteiger partial charge in [-0.3, -0.25) is 9.78 Å². The predicted molar refractivity (Wildman–Crippen MR) is 101 cm³/mol. The van der Waals surface area contributed by atoms with Crippen LogP contribution in [0.3, 0.4) is 0 Å². The Kier molecular flexibility index (Phi) is 5.10. The first kappa shape index (κ1) is 19.8. The molecule has 0 atom stereocenters. The number of nitrogens with zero attached hydrogens (tertiary/aromatic N) is 2. The average molecular weight is 388 g/mol. The molecule has 1 aromatic carbocycles. The second kappa shape index (κ2) is 7.22. The number of aromatic nitrogens is 1. The van der Waals surface area contributed by atoms with E-state index in [9.17, 15) is 23.8 Å². The molecule has 0 bridgehead atoms. The van der Waals surface area contributed by atoms with Crippen LogP contribution in [0.5, 0.6) is 11.5 Å². The molecule has 0 saturated heterocycles. The van der Waals surface area contributed by atoms with Crippen molar-refractivity contribution in [1.29, 1.82) is 0 Å². The number of carbonyl (C=O) groups excluding carboxylic acids is 1. The lowest BCUT2D eigenvalue weighted by molar-refractivity contribution is -0.126. The van der Waals surface area contributed by atoms with Crippen LogP contribution in [0, 0.1) is 13.8 Å². The van der Waals surface area contributed by atoms with Crippen molar-refractivity contribution in [3.63, 3.8) is 0 Å². The minimum atomic E-state index is -3.00. The van der Waals surface area contributed by atoms with Gasteiger partial charge in [-0.2, -0.15) is 8.78 Å². The zero-order valence-electron chi connectivity index (χ0n) is 16.0. The van der Waals surface area contributed by atoms with Crippen molar-refractivity contribution in [3.05, 3.63) is 57.9 Å². The number of fused-ring (bicyclic) bond motifs is 1. The molecule has 5 nitrogen and oxygen atoms in total. The van der Waals surface area contributed by atoms with E-state index in [4.69, 9.17) is 0 Å². The summed E-state index contributed by atoms with van der Waals surface area (Å²) < 4.78 is 26.4. The van der Waals surface area contributed by atoms with E-state index in [1.54, 1.807) is 18.7 Å². The van der Waals surface area contributed by atoms with Crippen LogP contribution in [0.25, 0.3) is 6.08 Å². The van der Waals surface area contributed by atoms with E-state index >= 15 is 0 Å². The summed E-state index contributed by atoms with van der Waals surface area (Å²) in [5.41, 5.74) is 3.24. The number of aromatic hydroxyl groups is 2. The number of rotatable bonds is 3. The van der Waals surface area contributed by atoms with Gasteiger partial charge in [0.2, 0.25) is 5.91 Å². The van der Waals surface area contributed by atoms with Gasteiger partial charge in [0.25, 0.3) is 5.92 Å². The second-order valence-electron chi connectivity index (χ2n) is 7.11. The van der Waals surface area contributed by atoms with Crippen LogP contribution in [0.1, 0.15) is 40.4 Å². The summed E-state index contributed by atoms with van der Waals surface area (Å²) in [7, 11) is 0. The van der Waals surface area contributed by atoms with Crippen molar-refractivity contribution in [3.8, 4) is 11.5 Å². The van der Waals surface area contributed by atoms with Gasteiger partial charge >= 0.3 is 0 Å². The number of carbonyl (C=O) groups is 1. The summed E-state index contributed by atoms with van der Waals surface area (Å²) in [5.74, 6) is -3.49. The minimum absolute atomic E-state index is 0.107. The number of benzene rings is 1. The molecular weight excluding hydrogens is 366 g/mol. The number of hydrogen-bond acceptors (Lipinski definition) is 4. The summed E-state index contributed by atoms with van der Waals surface area (Å²) in [6.07, 6.45) is 4.80. The molecule has 0 aliphatic carbocycles. The van der Waals surface area contributed by atoms with E-state index in [-0.39, 0.29) is 23.1 Å². The van der Waals surface area contributed by atoms with Gasteiger partial charge in [-0.05, 0) is 60.2 Å². The van der Waals surface area contributed by atoms with Gasteiger partial charge in [0, 0.05) is 32.3 Å². The molecule has 2 aromatic rings. The van der Waals surface area contributed by atoms with Crippen molar-refractivity contribution < 1.29 is 23.8 Å². The van der Waals surface area contributed by atoms with Crippen molar-refractivity contribution >= 4 is 12.0 Å². The Bertz CT molecular complexity index is 948. The largest absolute Gasteiger partial charge is 0.504 e. The van der Waals surface area contributed by atoms with Crippen molar-refractivity contribution in [2.75, 3.05) is 6.54 Å². The zero-order valence-corrected chi connectivity index (χ0v) is 16.0. The summed E-state index contributed by atoms with van der Waals surface area (Å²) in [4.78, 5) is 17.9. The monoisotopic (exact) mass is 388 g/mol. The van der Waals surface area contributed by atoms with Crippen LogP contribution in [0.2, 0.25) is 0 Å². The lowest BCUT2D eigenvalue weighted by atomic mass is 9.90. The standard InChI is InChI=1S/C21H22F2N2O3/c1-12-15-8-9-25(11-16(15)13(2)20(28)19(12)27)18(26)7-5-14-4-6-17(24-10-14)21(3,22)23/h4-7,10,27-28H,8-9,11H2,1-3H3/b7-5+. The maximum atomic E-state index is 13.2. The van der Waals surface area contributed by atoms with Crippen LogP contribution in [-0.2, 0) is 23.7 Å². The number of alkyl halides is 2. The van der Waals surface area contributed by atoms with Gasteiger partial charge in [-0.25, -0.2) is 0 Å². The lowest BCUT2D eigenvalue weighted by Crippen LogP contribution is -2.35. The van der Waals surface area contributed by atoms with Gasteiger partial charge in [-0.15, -0.1) is 0 Å². The fraction of sp³-hybridized carbons (Fsp3) is 0.333. The third-order valence-electron chi connectivity index (χ3n) is 5.15. The van der Waals surface area contributed by atoms with E-state index in [1.165, 1.54) is 30.5 Å². The number of amides is 1. The van der Waals surface area contributed by atoms with E-state index in [2.05, 4.69) is 4.98 Å². The van der Waals surface area contributed by atoms with E-state index in [0.29, 0.717) is 36.2 Å². The molecule has 0 saturated carbocycles. The zero-order chi connectivity index (χ0) is 20.6. The normalized spacial score (nSPS) is 14.4. The number of phenols is 2. The lowest BCUT2D eigenvalue weighted by Gasteiger charge is -2.31. The summed E-state index contributed by atoms with van der Waals surface area (Å²) in [6.45, 7) is 5.07. The first-order valence-corrected chi connectivity index (χ1v) is 8.93. The molecule has 7 heteroatoms. The quantitative estimate of drug-likeness (QED) is 0.619.